The van der Waals surface area contributed by atoms with Crippen molar-refractivity contribution >= 4 is 23.7 Å². The van der Waals surface area contributed by atoms with Crippen LogP contribution in [0.5, 0.6) is 0 Å². The summed E-state index contributed by atoms with van der Waals surface area (Å²) in [6.45, 7) is 0. The van der Waals surface area contributed by atoms with Gasteiger partial charge >= 0.3 is 0 Å². The Balaban J connectivity index is 1.88. The molecule has 0 unspecified atom stereocenters. The molecular weight excluding hydrogens is 232 g/mol. The van der Waals surface area contributed by atoms with Crippen LogP contribution < -0.4 is 0 Å². The van der Waals surface area contributed by atoms with Gasteiger partial charge in [-0.1, -0.05) is 0 Å². The van der Waals surface area contributed by atoms with Crippen LogP contribution in [0.4, 0.5) is 0 Å². The topological polar surface area (TPSA) is 45.8 Å². The summed E-state index contributed by atoms with van der Waals surface area (Å²) in [6, 6.07) is 2.17. The molecule has 17 heavy (non-hydrogen) atoms. The van der Waals surface area contributed by atoms with Crippen LogP contribution in [0.2, 0.25) is 0 Å². The number of aldehydes is 1. The van der Waals surface area contributed by atoms with Crippen LogP contribution >= 0.6 is 11.3 Å². The molecule has 0 bridgehead atoms. The van der Waals surface area contributed by atoms with Crippen LogP contribution in [-0.4, -0.2) is 16.3 Å². The largest absolute Gasteiger partial charge is 0.348 e. The molecule has 0 amide bonds. The first-order valence-corrected chi connectivity index (χ1v) is 6.42. The van der Waals surface area contributed by atoms with Crippen molar-refractivity contribution in [3.05, 3.63) is 45.2 Å². The molecule has 0 saturated carbocycles. The molecule has 0 radical (unpaired) electrons. The van der Waals surface area contributed by atoms with Gasteiger partial charge in [0.2, 0.25) is 0 Å². The van der Waals surface area contributed by atoms with Gasteiger partial charge in [-0.25, -0.2) is 4.98 Å². The van der Waals surface area contributed by atoms with Gasteiger partial charge in [-0.2, -0.15) is 0 Å². The van der Waals surface area contributed by atoms with E-state index in [2.05, 4.69) is 16.0 Å². The molecule has 1 aliphatic rings. The number of H-pyrrole nitrogens is 1. The summed E-state index contributed by atoms with van der Waals surface area (Å²) in [5.74, 6) is 0.989. The van der Waals surface area contributed by atoms with Crippen molar-refractivity contribution in [1.29, 1.82) is 0 Å². The Labute approximate surface area is 103 Å². The normalized spacial score (nSPS) is 14.2. The molecule has 2 heterocycles. The predicted octanol–water partition coefficient (Wildman–Crippen LogP) is 2.59. The molecule has 86 valence electrons. The molecule has 1 aliphatic carbocycles. The number of thiophene rings is 1. The summed E-state index contributed by atoms with van der Waals surface area (Å²) in [7, 11) is 0. The standard InChI is InChI=1S/C13H12N2OS/c16-8-9-1-2-12-10(5-9)6-11(17-12)7-13-14-3-4-15-13/h3-6,8H,1-2,7H2,(H,14,15). The number of aromatic amines is 1. The molecule has 0 spiro atoms. The van der Waals surface area contributed by atoms with Gasteiger partial charge in [0.25, 0.3) is 0 Å². The maximum atomic E-state index is 10.8. The third kappa shape index (κ3) is 2.08. The fourth-order valence-corrected chi connectivity index (χ4v) is 3.24. The quantitative estimate of drug-likeness (QED) is 0.843. The van der Waals surface area contributed by atoms with E-state index in [-0.39, 0.29) is 0 Å². The van der Waals surface area contributed by atoms with Gasteiger partial charge in [-0.05, 0) is 36.1 Å². The fraction of sp³-hybridized carbons (Fsp3) is 0.231. The van der Waals surface area contributed by atoms with Crippen molar-refractivity contribution in [3.8, 4) is 0 Å². The molecule has 2 aromatic heterocycles. The maximum absolute atomic E-state index is 10.8. The van der Waals surface area contributed by atoms with Gasteiger partial charge < -0.3 is 4.98 Å². The summed E-state index contributed by atoms with van der Waals surface area (Å²) in [5, 5.41) is 0. The highest BCUT2D eigenvalue weighted by atomic mass is 32.1. The van der Waals surface area contributed by atoms with E-state index in [1.807, 2.05) is 23.6 Å². The second-order valence-electron chi connectivity index (χ2n) is 4.14. The number of hydrogen-bond donors (Lipinski definition) is 1. The van der Waals surface area contributed by atoms with Gasteiger partial charge in [-0.3, -0.25) is 4.79 Å². The zero-order valence-corrected chi connectivity index (χ0v) is 10.1. The van der Waals surface area contributed by atoms with E-state index in [1.54, 1.807) is 6.20 Å². The molecule has 3 nitrogen and oxygen atoms in total. The SMILES string of the molecule is O=CC1=Cc2cc(Cc3ncc[nH]3)sc2CC1. The average Bonchev–Trinajstić information content (AvgIpc) is 2.96. The summed E-state index contributed by atoms with van der Waals surface area (Å²) in [5.41, 5.74) is 2.12. The zero-order chi connectivity index (χ0) is 11.7. The third-order valence-electron chi connectivity index (χ3n) is 2.92. The van der Waals surface area contributed by atoms with E-state index in [0.717, 1.165) is 36.9 Å². The van der Waals surface area contributed by atoms with Crippen LogP contribution in [0.25, 0.3) is 6.08 Å². The highest BCUT2D eigenvalue weighted by Crippen LogP contribution is 2.31. The van der Waals surface area contributed by atoms with Crippen LogP contribution in [0.15, 0.2) is 24.0 Å². The maximum Gasteiger partial charge on any atom is 0.146 e. The van der Waals surface area contributed by atoms with E-state index < -0.39 is 0 Å². The Kier molecular flexibility index (Phi) is 2.65. The second-order valence-corrected chi connectivity index (χ2v) is 5.36. The fourth-order valence-electron chi connectivity index (χ4n) is 2.09. The molecule has 1 N–H and O–H groups in total. The molecule has 0 atom stereocenters. The minimum Gasteiger partial charge on any atom is -0.348 e. The Hall–Kier alpha value is -1.68. The van der Waals surface area contributed by atoms with Crippen molar-refractivity contribution in [1.82, 2.24) is 9.97 Å². The number of rotatable bonds is 3. The molecular formula is C13H12N2OS. The number of nitrogens with zero attached hydrogens (tertiary/aromatic N) is 1. The number of imidazole rings is 1. The lowest BCUT2D eigenvalue weighted by molar-refractivity contribution is -0.105. The first-order chi connectivity index (χ1) is 8.35. The van der Waals surface area contributed by atoms with Crippen LogP contribution in [0.3, 0.4) is 0 Å². The van der Waals surface area contributed by atoms with Crippen LogP contribution in [-0.2, 0) is 17.6 Å². The number of carbonyl (C=O) groups is 1. The highest BCUT2D eigenvalue weighted by molar-refractivity contribution is 7.12. The Morgan fingerprint density at radius 3 is 3.18 bits per heavy atom. The summed E-state index contributed by atoms with van der Waals surface area (Å²) >= 11 is 1.83. The summed E-state index contributed by atoms with van der Waals surface area (Å²) in [6.07, 6.45) is 9.29. The first-order valence-electron chi connectivity index (χ1n) is 5.61. The van der Waals surface area contributed by atoms with Gasteiger partial charge in [0.15, 0.2) is 0 Å². The summed E-state index contributed by atoms with van der Waals surface area (Å²) < 4.78 is 0. The minimum absolute atomic E-state index is 0.842. The Bertz CT molecular complexity index is 566. The molecule has 3 rings (SSSR count). The van der Waals surface area contributed by atoms with E-state index in [4.69, 9.17) is 0 Å². The van der Waals surface area contributed by atoms with E-state index in [0.29, 0.717) is 0 Å². The molecule has 0 fully saturated rings. The van der Waals surface area contributed by atoms with E-state index >= 15 is 0 Å². The molecule has 0 aromatic carbocycles. The number of aryl methyl sites for hydroxylation is 1. The van der Waals surface area contributed by atoms with E-state index in [1.165, 1.54) is 15.3 Å². The highest BCUT2D eigenvalue weighted by Gasteiger charge is 2.14. The van der Waals surface area contributed by atoms with E-state index in [9.17, 15) is 4.79 Å². The first kappa shape index (κ1) is 10.5. The second kappa shape index (κ2) is 4.30. The van der Waals surface area contributed by atoms with Crippen molar-refractivity contribution in [2.75, 3.05) is 0 Å². The molecule has 4 heteroatoms. The Morgan fingerprint density at radius 1 is 1.47 bits per heavy atom. The van der Waals surface area contributed by atoms with Gasteiger partial charge in [-0.15, -0.1) is 11.3 Å². The predicted molar refractivity (Wildman–Crippen MR) is 68.1 cm³/mol. The monoisotopic (exact) mass is 244 g/mol. The van der Waals surface area contributed by atoms with Crippen LogP contribution in [0.1, 0.15) is 27.6 Å². The van der Waals surface area contributed by atoms with Gasteiger partial charge in [0, 0.05) is 28.6 Å². The number of aromatic nitrogens is 2. The lowest BCUT2D eigenvalue weighted by Crippen LogP contribution is -1.95. The van der Waals surface area contributed by atoms with Crippen molar-refractivity contribution in [3.63, 3.8) is 0 Å². The number of allylic oxidation sites excluding steroid dienone is 1. The van der Waals surface area contributed by atoms with Crippen molar-refractivity contribution in [2.24, 2.45) is 0 Å². The zero-order valence-electron chi connectivity index (χ0n) is 9.27. The average molecular weight is 244 g/mol. The molecule has 0 saturated heterocycles. The number of carbonyl (C=O) groups excluding carboxylic acids is 1. The number of hydrogen-bond acceptors (Lipinski definition) is 3. The minimum atomic E-state index is 0.842. The van der Waals surface area contributed by atoms with Gasteiger partial charge in [0.05, 0.1) is 0 Å². The lowest BCUT2D eigenvalue weighted by Gasteiger charge is -2.06. The van der Waals surface area contributed by atoms with Crippen molar-refractivity contribution < 1.29 is 4.79 Å². The Morgan fingerprint density at radius 2 is 2.41 bits per heavy atom. The van der Waals surface area contributed by atoms with Crippen molar-refractivity contribution in [2.45, 2.75) is 19.3 Å². The van der Waals surface area contributed by atoms with Gasteiger partial charge in [0.1, 0.15) is 12.1 Å². The third-order valence-corrected chi connectivity index (χ3v) is 4.13. The molecule has 2 aromatic rings. The molecule has 0 aliphatic heterocycles. The van der Waals surface area contributed by atoms with Crippen LogP contribution in [0, 0.1) is 0 Å². The smallest absolute Gasteiger partial charge is 0.146 e. The lowest BCUT2D eigenvalue weighted by atomic mass is 10.00. The number of fused-ring (bicyclic) bond motifs is 1. The number of nitrogens with one attached hydrogen (secondary N) is 1. The summed E-state index contributed by atoms with van der Waals surface area (Å²) in [4.78, 5) is 20.8.